The third kappa shape index (κ3) is 5.73. The van der Waals surface area contributed by atoms with Crippen LogP contribution in [0, 0.1) is 0 Å². The normalized spacial score (nSPS) is 13.9. The van der Waals surface area contributed by atoms with Gasteiger partial charge in [-0.25, -0.2) is 0 Å². The number of benzene rings is 2. The lowest BCUT2D eigenvalue weighted by Gasteiger charge is -2.13. The van der Waals surface area contributed by atoms with E-state index in [0.29, 0.717) is 0 Å². The maximum Gasteiger partial charge on any atom is 0.0692 e. The molecule has 4 nitrogen and oxygen atoms in total. The van der Waals surface area contributed by atoms with Crippen LogP contribution in [0.5, 0.6) is 0 Å². The molecule has 0 bridgehead atoms. The molecule has 2 aromatic carbocycles. The first-order valence-electron chi connectivity index (χ1n) is 8.98. The first kappa shape index (κ1) is 19.7. The third-order valence-electron chi connectivity index (χ3n) is 4.43. The lowest BCUT2D eigenvalue weighted by Crippen LogP contribution is -2.16. The number of hydrogen-bond donors (Lipinski definition) is 0. The monoisotopic (exact) mass is 350 g/mol. The van der Waals surface area contributed by atoms with Gasteiger partial charge in [0.05, 0.1) is 12.1 Å². The van der Waals surface area contributed by atoms with Crippen molar-refractivity contribution < 1.29 is 0 Å². The second kappa shape index (κ2) is 9.18. The van der Waals surface area contributed by atoms with Gasteiger partial charge in [0.25, 0.3) is 0 Å². The number of hydrogen-bond acceptors (Lipinski definition) is 4. The maximum absolute atomic E-state index is 4.66. The molecule has 26 heavy (non-hydrogen) atoms. The Kier molecular flexibility index (Phi) is 6.96. The smallest absolute Gasteiger partial charge is 0.0692 e. The summed E-state index contributed by atoms with van der Waals surface area (Å²) < 4.78 is 0. The quantitative estimate of drug-likeness (QED) is 0.703. The summed E-state index contributed by atoms with van der Waals surface area (Å²) in [4.78, 5) is 13.5. The highest BCUT2D eigenvalue weighted by atomic mass is 15.1. The molecule has 0 saturated carbocycles. The van der Waals surface area contributed by atoms with Crippen LogP contribution in [0.15, 0.2) is 58.5 Å². The van der Waals surface area contributed by atoms with Gasteiger partial charge in [-0.05, 0) is 49.2 Å². The lowest BCUT2D eigenvalue weighted by molar-refractivity contribution is 0.612. The molecule has 0 spiro atoms. The molecule has 0 fully saturated rings. The first-order valence-corrected chi connectivity index (χ1v) is 8.98. The van der Waals surface area contributed by atoms with Crippen LogP contribution < -0.4 is 9.80 Å². The van der Waals surface area contributed by atoms with Gasteiger partial charge in [-0.2, -0.15) is 0 Å². The molecule has 0 heterocycles. The topological polar surface area (TPSA) is 31.2 Å². The second-order valence-corrected chi connectivity index (χ2v) is 7.01. The Morgan fingerprint density at radius 2 is 0.923 bits per heavy atom. The predicted molar refractivity (Wildman–Crippen MR) is 116 cm³/mol. The fourth-order valence-corrected chi connectivity index (χ4v) is 2.37. The van der Waals surface area contributed by atoms with Crippen LogP contribution in [-0.4, -0.2) is 52.7 Å². The first-order chi connectivity index (χ1) is 12.4. The van der Waals surface area contributed by atoms with Gasteiger partial charge in [-0.15, -0.1) is 0 Å². The minimum absolute atomic E-state index is 0.126. The van der Waals surface area contributed by atoms with E-state index in [1.54, 1.807) is 0 Å². The highest BCUT2D eigenvalue weighted by molar-refractivity contribution is 5.81. The van der Waals surface area contributed by atoms with Crippen molar-refractivity contribution in [2.45, 2.75) is 25.9 Å². The van der Waals surface area contributed by atoms with Gasteiger partial charge in [0.1, 0.15) is 0 Å². The van der Waals surface area contributed by atoms with E-state index in [9.17, 15) is 0 Å². The van der Waals surface area contributed by atoms with E-state index in [1.807, 2.05) is 40.6 Å². The molecule has 0 radical (unpaired) electrons. The summed E-state index contributed by atoms with van der Waals surface area (Å²) in [6, 6.07) is 17.0. The molecule has 0 aliphatic rings. The van der Waals surface area contributed by atoms with Gasteiger partial charge in [0.2, 0.25) is 0 Å². The van der Waals surface area contributed by atoms with Crippen LogP contribution in [0.2, 0.25) is 0 Å². The molecular formula is C22H30N4. The van der Waals surface area contributed by atoms with Gasteiger partial charge < -0.3 is 9.80 Å². The molecule has 0 saturated heterocycles. The van der Waals surface area contributed by atoms with Crippen LogP contribution in [0.4, 0.5) is 11.4 Å². The maximum atomic E-state index is 4.66. The minimum atomic E-state index is 0.126. The summed E-state index contributed by atoms with van der Waals surface area (Å²) in [6.07, 6.45) is 3.87. The molecule has 2 atom stereocenters. The average molecular weight is 351 g/mol. The number of nitrogens with zero attached hydrogens (tertiary/aromatic N) is 4. The lowest BCUT2D eigenvalue weighted by atomic mass is 10.1. The van der Waals surface area contributed by atoms with Crippen LogP contribution >= 0.6 is 0 Å². The molecule has 0 N–H and O–H groups in total. The highest BCUT2D eigenvalue weighted by Gasteiger charge is 2.07. The Morgan fingerprint density at radius 1 is 0.615 bits per heavy atom. The van der Waals surface area contributed by atoms with Gasteiger partial charge in [-0.3, -0.25) is 9.98 Å². The Morgan fingerprint density at radius 3 is 1.19 bits per heavy atom. The van der Waals surface area contributed by atoms with E-state index in [0.717, 1.165) is 11.1 Å². The summed E-state index contributed by atoms with van der Waals surface area (Å²) in [6.45, 7) is 4.20. The third-order valence-corrected chi connectivity index (χ3v) is 4.43. The molecule has 0 aliphatic carbocycles. The number of rotatable bonds is 7. The molecule has 2 rings (SSSR count). The fourth-order valence-electron chi connectivity index (χ4n) is 2.37. The van der Waals surface area contributed by atoms with E-state index >= 15 is 0 Å². The van der Waals surface area contributed by atoms with E-state index in [-0.39, 0.29) is 12.1 Å². The molecule has 0 amide bonds. The fraction of sp³-hybridized carbons (Fsp3) is 0.364. The van der Waals surface area contributed by atoms with Crippen LogP contribution in [0.25, 0.3) is 0 Å². The summed E-state index contributed by atoms with van der Waals surface area (Å²) in [5.74, 6) is 0. The van der Waals surface area contributed by atoms with E-state index in [1.165, 1.54) is 11.4 Å². The van der Waals surface area contributed by atoms with Gasteiger partial charge in [0, 0.05) is 52.0 Å². The van der Waals surface area contributed by atoms with E-state index in [4.69, 9.17) is 0 Å². The van der Waals surface area contributed by atoms with Gasteiger partial charge >= 0.3 is 0 Å². The zero-order valence-corrected chi connectivity index (χ0v) is 16.7. The molecule has 0 aromatic heterocycles. The van der Waals surface area contributed by atoms with E-state index in [2.05, 4.69) is 82.2 Å². The van der Waals surface area contributed by atoms with Crippen molar-refractivity contribution in [2.24, 2.45) is 9.98 Å². The van der Waals surface area contributed by atoms with Crippen molar-refractivity contribution in [3.63, 3.8) is 0 Å². The molecule has 138 valence electrons. The molecule has 0 unspecified atom stereocenters. The largest absolute Gasteiger partial charge is 0.378 e. The van der Waals surface area contributed by atoms with Crippen LogP contribution in [-0.2, 0) is 0 Å². The molecule has 2 aromatic rings. The van der Waals surface area contributed by atoms with Gasteiger partial charge in [-0.1, -0.05) is 24.3 Å². The van der Waals surface area contributed by atoms with Crippen molar-refractivity contribution in [3.05, 3.63) is 59.7 Å². The van der Waals surface area contributed by atoms with Crippen molar-refractivity contribution in [2.75, 3.05) is 38.0 Å². The molecule has 0 aliphatic heterocycles. The predicted octanol–water partition coefficient (Wildman–Crippen LogP) is 4.13. The molecular weight excluding hydrogens is 320 g/mol. The Hall–Kier alpha value is -2.62. The molecule has 4 heteroatoms. The second-order valence-electron chi connectivity index (χ2n) is 7.01. The zero-order chi connectivity index (χ0) is 19.1. The van der Waals surface area contributed by atoms with Crippen molar-refractivity contribution in [1.82, 2.24) is 0 Å². The zero-order valence-electron chi connectivity index (χ0n) is 16.7. The summed E-state index contributed by atoms with van der Waals surface area (Å²) in [7, 11) is 8.16. The van der Waals surface area contributed by atoms with Gasteiger partial charge in [0.15, 0.2) is 0 Å². The highest BCUT2D eigenvalue weighted by Crippen LogP contribution is 2.13. The Bertz CT molecular complexity index is 662. The standard InChI is InChI=1S/C22H30N4/c1-17(23-15-19-7-11-21(12-8-19)25(3)4)18(2)24-16-20-9-13-22(14-10-20)26(5)6/h7-18H,1-6H3/t17-,18+. The minimum Gasteiger partial charge on any atom is -0.378 e. The summed E-state index contributed by atoms with van der Waals surface area (Å²) in [5.41, 5.74) is 4.60. The van der Waals surface area contributed by atoms with Crippen molar-refractivity contribution in [3.8, 4) is 0 Å². The Labute approximate surface area is 157 Å². The Balaban J connectivity index is 1.94. The SMILES string of the molecule is C[C@H](N=Cc1ccc(N(C)C)cc1)[C@@H](C)N=Cc1ccc(N(C)C)cc1. The van der Waals surface area contributed by atoms with Crippen molar-refractivity contribution >= 4 is 23.8 Å². The summed E-state index contributed by atoms with van der Waals surface area (Å²) >= 11 is 0. The van der Waals surface area contributed by atoms with Crippen LogP contribution in [0.1, 0.15) is 25.0 Å². The number of aliphatic imine (C=N–C) groups is 2. The van der Waals surface area contributed by atoms with Crippen LogP contribution in [0.3, 0.4) is 0 Å². The summed E-state index contributed by atoms with van der Waals surface area (Å²) in [5, 5.41) is 0. The van der Waals surface area contributed by atoms with Crippen molar-refractivity contribution in [1.29, 1.82) is 0 Å². The van der Waals surface area contributed by atoms with E-state index < -0.39 is 0 Å². The average Bonchev–Trinajstić information content (AvgIpc) is 2.64. The number of anilines is 2.